The minimum Gasteiger partial charge on any atom is -0.354 e. The molecule has 0 aliphatic carbocycles. The summed E-state index contributed by atoms with van der Waals surface area (Å²) in [7, 11) is 0. The molecule has 9 heteroatoms. The third-order valence-electron chi connectivity index (χ3n) is 3.30. The van der Waals surface area contributed by atoms with Crippen molar-refractivity contribution in [1.29, 1.82) is 0 Å². The summed E-state index contributed by atoms with van der Waals surface area (Å²) in [6.45, 7) is 0.353. The van der Waals surface area contributed by atoms with Crippen LogP contribution in [0.25, 0.3) is 5.65 Å². The van der Waals surface area contributed by atoms with Gasteiger partial charge in [0.25, 0.3) is 5.24 Å². The SMILES string of the molecule is O=C(Cc1cn2cc(F)ccc2n1)NCCN1C(=O)CSC1=O. The number of carbonyl (C=O) groups is 3. The fourth-order valence-corrected chi connectivity index (χ4v) is 2.99. The third kappa shape index (κ3) is 3.50. The normalized spacial score (nSPS) is 14.7. The van der Waals surface area contributed by atoms with Crippen molar-refractivity contribution in [3.63, 3.8) is 0 Å². The van der Waals surface area contributed by atoms with Crippen LogP contribution in [0.15, 0.2) is 24.5 Å². The number of hydrogen-bond acceptors (Lipinski definition) is 5. The minimum absolute atomic E-state index is 0.0416. The Morgan fingerprint density at radius 2 is 2.17 bits per heavy atom. The van der Waals surface area contributed by atoms with Crippen molar-refractivity contribution in [2.24, 2.45) is 0 Å². The zero-order chi connectivity index (χ0) is 16.4. The molecule has 2 aromatic rings. The molecule has 0 saturated carbocycles. The Labute approximate surface area is 134 Å². The van der Waals surface area contributed by atoms with E-state index in [0.717, 1.165) is 16.7 Å². The summed E-state index contributed by atoms with van der Waals surface area (Å²) in [5, 5.41) is 2.35. The van der Waals surface area contributed by atoms with Crippen molar-refractivity contribution in [3.8, 4) is 0 Å². The fraction of sp³-hybridized carbons (Fsp3) is 0.286. The maximum absolute atomic E-state index is 13.1. The lowest BCUT2D eigenvalue weighted by Gasteiger charge is -2.12. The Morgan fingerprint density at radius 1 is 1.35 bits per heavy atom. The molecule has 0 atom stereocenters. The second kappa shape index (κ2) is 6.37. The largest absolute Gasteiger partial charge is 0.354 e. The summed E-state index contributed by atoms with van der Waals surface area (Å²) in [6.07, 6.45) is 2.91. The molecule has 2 aromatic heterocycles. The lowest BCUT2D eigenvalue weighted by molar-refractivity contribution is -0.125. The van der Waals surface area contributed by atoms with E-state index in [-0.39, 0.29) is 48.1 Å². The topological polar surface area (TPSA) is 83.8 Å². The average Bonchev–Trinajstić information content (AvgIpc) is 3.03. The van der Waals surface area contributed by atoms with Gasteiger partial charge in [-0.15, -0.1) is 0 Å². The minimum atomic E-state index is -0.385. The van der Waals surface area contributed by atoms with Crippen LogP contribution in [0, 0.1) is 5.82 Å². The predicted molar refractivity (Wildman–Crippen MR) is 81.4 cm³/mol. The van der Waals surface area contributed by atoms with E-state index in [4.69, 9.17) is 0 Å². The number of nitrogens with one attached hydrogen (secondary N) is 1. The van der Waals surface area contributed by atoms with Gasteiger partial charge in [0, 0.05) is 25.5 Å². The summed E-state index contributed by atoms with van der Waals surface area (Å²) in [4.78, 5) is 40.0. The molecule has 0 bridgehead atoms. The molecule has 0 unspecified atom stereocenters. The maximum atomic E-state index is 13.1. The molecule has 3 heterocycles. The van der Waals surface area contributed by atoms with E-state index in [1.165, 1.54) is 22.7 Å². The highest BCUT2D eigenvalue weighted by atomic mass is 32.2. The van der Waals surface area contributed by atoms with Gasteiger partial charge in [0.15, 0.2) is 0 Å². The van der Waals surface area contributed by atoms with Crippen LogP contribution in [0.5, 0.6) is 0 Å². The van der Waals surface area contributed by atoms with Gasteiger partial charge in [-0.25, -0.2) is 9.37 Å². The van der Waals surface area contributed by atoms with Crippen LogP contribution in [0.3, 0.4) is 0 Å². The van der Waals surface area contributed by atoms with E-state index in [9.17, 15) is 18.8 Å². The molecule has 0 aromatic carbocycles. The zero-order valence-electron chi connectivity index (χ0n) is 12.0. The van der Waals surface area contributed by atoms with Crippen LogP contribution in [0.2, 0.25) is 0 Å². The Balaban J connectivity index is 1.52. The van der Waals surface area contributed by atoms with Gasteiger partial charge in [0.1, 0.15) is 11.5 Å². The van der Waals surface area contributed by atoms with Crippen LogP contribution < -0.4 is 5.32 Å². The van der Waals surface area contributed by atoms with E-state index >= 15 is 0 Å². The van der Waals surface area contributed by atoms with Gasteiger partial charge >= 0.3 is 0 Å². The molecular formula is C14H13FN4O3S. The molecular weight excluding hydrogens is 323 g/mol. The first-order valence-electron chi connectivity index (χ1n) is 6.90. The molecule has 1 saturated heterocycles. The van der Waals surface area contributed by atoms with Crippen molar-refractivity contribution in [3.05, 3.63) is 36.0 Å². The van der Waals surface area contributed by atoms with Gasteiger partial charge < -0.3 is 9.72 Å². The summed E-state index contributed by atoms with van der Waals surface area (Å²) < 4.78 is 14.6. The van der Waals surface area contributed by atoms with Crippen molar-refractivity contribution in [1.82, 2.24) is 19.6 Å². The summed E-state index contributed by atoms with van der Waals surface area (Å²) in [5.41, 5.74) is 1.07. The standard InChI is InChI=1S/C14H13FN4O3S/c15-9-1-2-11-17-10(7-18(11)6-9)5-12(20)16-3-4-19-13(21)8-23-14(19)22/h1-2,6-7H,3-5,8H2,(H,16,20). The molecule has 0 spiro atoms. The number of amides is 3. The van der Waals surface area contributed by atoms with Crippen molar-refractivity contribution in [2.75, 3.05) is 18.8 Å². The summed E-state index contributed by atoms with van der Waals surface area (Å²) in [5.74, 6) is -0.745. The van der Waals surface area contributed by atoms with Crippen LogP contribution in [-0.2, 0) is 16.0 Å². The van der Waals surface area contributed by atoms with E-state index in [1.54, 1.807) is 6.20 Å². The van der Waals surface area contributed by atoms with Crippen LogP contribution in [0.4, 0.5) is 9.18 Å². The Hall–Kier alpha value is -2.42. The smallest absolute Gasteiger partial charge is 0.288 e. The number of aromatic nitrogens is 2. The van der Waals surface area contributed by atoms with E-state index in [2.05, 4.69) is 10.3 Å². The lowest BCUT2D eigenvalue weighted by Crippen LogP contribution is -2.37. The quantitative estimate of drug-likeness (QED) is 0.874. The highest BCUT2D eigenvalue weighted by Crippen LogP contribution is 2.17. The zero-order valence-corrected chi connectivity index (χ0v) is 12.8. The lowest BCUT2D eigenvalue weighted by atomic mass is 10.3. The highest BCUT2D eigenvalue weighted by molar-refractivity contribution is 8.14. The monoisotopic (exact) mass is 336 g/mol. The first-order valence-corrected chi connectivity index (χ1v) is 7.88. The number of imide groups is 1. The van der Waals surface area contributed by atoms with Crippen LogP contribution in [0.1, 0.15) is 5.69 Å². The molecule has 1 aliphatic rings. The number of pyridine rings is 1. The first-order chi connectivity index (χ1) is 11.0. The highest BCUT2D eigenvalue weighted by Gasteiger charge is 2.29. The van der Waals surface area contributed by atoms with E-state index in [0.29, 0.717) is 11.3 Å². The molecule has 3 rings (SSSR count). The van der Waals surface area contributed by atoms with Crippen molar-refractivity contribution in [2.45, 2.75) is 6.42 Å². The van der Waals surface area contributed by atoms with Gasteiger partial charge in [-0.3, -0.25) is 19.3 Å². The van der Waals surface area contributed by atoms with E-state index in [1.807, 2.05) is 0 Å². The summed E-state index contributed by atoms with van der Waals surface area (Å²) in [6, 6.07) is 2.83. The van der Waals surface area contributed by atoms with Crippen LogP contribution in [-0.4, -0.2) is 50.2 Å². The predicted octanol–water partition coefficient (Wildman–Crippen LogP) is 0.827. The fourth-order valence-electron chi connectivity index (χ4n) is 2.23. The molecule has 1 fully saturated rings. The Morgan fingerprint density at radius 3 is 2.91 bits per heavy atom. The number of nitrogens with zero attached hydrogens (tertiary/aromatic N) is 3. The number of hydrogen-bond donors (Lipinski definition) is 1. The second-order valence-electron chi connectivity index (χ2n) is 4.97. The average molecular weight is 336 g/mol. The Kier molecular flexibility index (Phi) is 4.28. The van der Waals surface area contributed by atoms with Gasteiger partial charge in [-0.1, -0.05) is 11.8 Å². The molecule has 1 aliphatic heterocycles. The number of halogens is 1. The number of thioether (sulfide) groups is 1. The number of imidazole rings is 1. The molecule has 7 nitrogen and oxygen atoms in total. The molecule has 23 heavy (non-hydrogen) atoms. The molecule has 1 N–H and O–H groups in total. The van der Waals surface area contributed by atoms with Gasteiger partial charge in [-0.2, -0.15) is 0 Å². The summed E-state index contributed by atoms with van der Waals surface area (Å²) >= 11 is 0.960. The van der Waals surface area contributed by atoms with Gasteiger partial charge in [0.2, 0.25) is 11.8 Å². The third-order valence-corrected chi connectivity index (χ3v) is 4.16. The number of carbonyl (C=O) groups excluding carboxylic acids is 3. The van der Waals surface area contributed by atoms with Crippen LogP contribution >= 0.6 is 11.8 Å². The van der Waals surface area contributed by atoms with Crippen molar-refractivity contribution >= 4 is 34.5 Å². The molecule has 0 radical (unpaired) electrons. The number of rotatable bonds is 5. The first kappa shape index (κ1) is 15.5. The van der Waals surface area contributed by atoms with Gasteiger partial charge in [0.05, 0.1) is 17.9 Å². The second-order valence-corrected chi connectivity index (χ2v) is 5.90. The maximum Gasteiger partial charge on any atom is 0.288 e. The Bertz CT molecular complexity index is 775. The van der Waals surface area contributed by atoms with Crippen molar-refractivity contribution < 1.29 is 18.8 Å². The molecule has 120 valence electrons. The van der Waals surface area contributed by atoms with Gasteiger partial charge in [-0.05, 0) is 12.1 Å². The van der Waals surface area contributed by atoms with E-state index < -0.39 is 0 Å². The number of fused-ring (bicyclic) bond motifs is 1. The molecule has 3 amide bonds.